The molecular formula is C13H16O3. The number of benzene rings is 1. The van der Waals surface area contributed by atoms with Crippen molar-refractivity contribution in [2.75, 3.05) is 0 Å². The van der Waals surface area contributed by atoms with Crippen molar-refractivity contribution in [2.24, 2.45) is 0 Å². The number of phenolic OH excluding ortho intramolecular Hbond substituents is 1. The molecule has 0 unspecified atom stereocenters. The van der Waals surface area contributed by atoms with Crippen LogP contribution in [0.4, 0.5) is 0 Å². The molecule has 0 saturated carbocycles. The molecule has 0 fully saturated rings. The molecule has 0 atom stereocenters. The first-order valence-corrected chi connectivity index (χ1v) is 5.17. The molecule has 0 aliphatic heterocycles. The maximum Gasteiger partial charge on any atom is 0.152 e. The van der Waals surface area contributed by atoms with E-state index in [0.717, 1.165) is 0 Å². The summed E-state index contributed by atoms with van der Waals surface area (Å²) in [5.41, 5.74) is 0.603. The molecule has 1 N–H and O–H groups in total. The van der Waals surface area contributed by atoms with E-state index in [-0.39, 0.29) is 17.6 Å². The van der Waals surface area contributed by atoms with E-state index in [0.29, 0.717) is 11.3 Å². The third-order valence-electron chi connectivity index (χ3n) is 1.87. The molecule has 0 heterocycles. The standard InChI is InChI=1S/C13H16O3/c1-9(2)16-12-7-6-11(13(15)8-12)5-4-10(3)14/h4-9,15H,1-3H3/b5-4+. The van der Waals surface area contributed by atoms with Crippen molar-refractivity contribution in [3.8, 4) is 11.5 Å². The number of aromatic hydroxyl groups is 1. The van der Waals surface area contributed by atoms with Gasteiger partial charge in [-0.1, -0.05) is 0 Å². The summed E-state index contributed by atoms with van der Waals surface area (Å²) in [4.78, 5) is 10.7. The van der Waals surface area contributed by atoms with Gasteiger partial charge in [0, 0.05) is 11.6 Å². The van der Waals surface area contributed by atoms with E-state index < -0.39 is 0 Å². The number of ketones is 1. The van der Waals surface area contributed by atoms with E-state index in [1.54, 1.807) is 24.3 Å². The minimum Gasteiger partial charge on any atom is -0.507 e. The fraction of sp³-hybridized carbons (Fsp3) is 0.308. The van der Waals surface area contributed by atoms with Crippen molar-refractivity contribution in [1.82, 2.24) is 0 Å². The lowest BCUT2D eigenvalue weighted by Gasteiger charge is -2.10. The van der Waals surface area contributed by atoms with Gasteiger partial charge in [-0.15, -0.1) is 0 Å². The molecule has 0 aliphatic carbocycles. The number of hydrogen-bond acceptors (Lipinski definition) is 3. The van der Waals surface area contributed by atoms with Crippen molar-refractivity contribution in [3.05, 3.63) is 29.8 Å². The highest BCUT2D eigenvalue weighted by atomic mass is 16.5. The van der Waals surface area contributed by atoms with Crippen LogP contribution in [0.3, 0.4) is 0 Å². The smallest absolute Gasteiger partial charge is 0.152 e. The minimum atomic E-state index is -0.0538. The number of ether oxygens (including phenoxy) is 1. The number of phenols is 1. The van der Waals surface area contributed by atoms with Crippen molar-refractivity contribution >= 4 is 11.9 Å². The average molecular weight is 220 g/mol. The molecule has 0 bridgehead atoms. The first kappa shape index (κ1) is 12.3. The van der Waals surface area contributed by atoms with E-state index in [1.165, 1.54) is 13.0 Å². The molecule has 0 aliphatic rings. The molecule has 0 saturated heterocycles. The number of carbonyl (C=O) groups excluding carboxylic acids is 1. The number of hydrogen-bond donors (Lipinski definition) is 1. The van der Waals surface area contributed by atoms with Gasteiger partial charge in [0.2, 0.25) is 0 Å². The van der Waals surface area contributed by atoms with Gasteiger partial charge in [0.1, 0.15) is 11.5 Å². The number of allylic oxidation sites excluding steroid dienone is 1. The Morgan fingerprint density at radius 2 is 2.12 bits per heavy atom. The van der Waals surface area contributed by atoms with Crippen LogP contribution in [0.1, 0.15) is 26.3 Å². The molecule has 3 heteroatoms. The van der Waals surface area contributed by atoms with Gasteiger partial charge in [0.25, 0.3) is 0 Å². The Morgan fingerprint density at radius 3 is 2.62 bits per heavy atom. The molecule has 86 valence electrons. The Kier molecular flexibility index (Phi) is 4.11. The van der Waals surface area contributed by atoms with Crippen LogP contribution in [0.15, 0.2) is 24.3 Å². The Balaban J connectivity index is 2.87. The Bertz CT molecular complexity index is 406. The van der Waals surface area contributed by atoms with Crippen molar-refractivity contribution in [2.45, 2.75) is 26.9 Å². The van der Waals surface area contributed by atoms with Gasteiger partial charge >= 0.3 is 0 Å². The van der Waals surface area contributed by atoms with Gasteiger partial charge in [-0.2, -0.15) is 0 Å². The zero-order valence-corrected chi connectivity index (χ0v) is 9.73. The summed E-state index contributed by atoms with van der Waals surface area (Å²) in [5, 5.41) is 9.67. The lowest BCUT2D eigenvalue weighted by atomic mass is 10.1. The molecule has 0 amide bonds. The van der Waals surface area contributed by atoms with Gasteiger partial charge in [-0.3, -0.25) is 4.79 Å². The lowest BCUT2D eigenvalue weighted by molar-refractivity contribution is -0.112. The Labute approximate surface area is 95.4 Å². The molecule has 16 heavy (non-hydrogen) atoms. The minimum absolute atomic E-state index is 0.0538. The monoisotopic (exact) mass is 220 g/mol. The second-order valence-corrected chi connectivity index (χ2v) is 3.83. The maximum atomic E-state index is 10.7. The maximum absolute atomic E-state index is 10.7. The molecule has 1 aromatic carbocycles. The normalized spacial score (nSPS) is 11.0. The fourth-order valence-electron chi connectivity index (χ4n) is 1.22. The van der Waals surface area contributed by atoms with E-state index in [1.807, 2.05) is 13.8 Å². The molecule has 0 aromatic heterocycles. The molecule has 0 radical (unpaired) electrons. The first-order chi connectivity index (χ1) is 7.49. The van der Waals surface area contributed by atoms with Crippen molar-refractivity contribution in [1.29, 1.82) is 0 Å². The predicted molar refractivity (Wildman–Crippen MR) is 63.6 cm³/mol. The zero-order valence-electron chi connectivity index (χ0n) is 9.73. The summed E-state index contributed by atoms with van der Waals surface area (Å²) in [6, 6.07) is 5.02. The van der Waals surface area contributed by atoms with Crippen molar-refractivity contribution in [3.63, 3.8) is 0 Å². The van der Waals surface area contributed by atoms with Crippen LogP contribution in [-0.2, 0) is 4.79 Å². The Hall–Kier alpha value is -1.77. The fourth-order valence-corrected chi connectivity index (χ4v) is 1.22. The quantitative estimate of drug-likeness (QED) is 0.793. The molecule has 1 rings (SSSR count). The van der Waals surface area contributed by atoms with Gasteiger partial charge in [-0.05, 0) is 45.1 Å². The predicted octanol–water partition coefficient (Wildman–Crippen LogP) is 2.78. The SMILES string of the molecule is CC(=O)/C=C/c1ccc(OC(C)C)cc1O. The topological polar surface area (TPSA) is 46.5 Å². The van der Waals surface area contributed by atoms with E-state index in [9.17, 15) is 9.90 Å². The molecule has 1 aromatic rings. The van der Waals surface area contributed by atoms with Gasteiger partial charge < -0.3 is 9.84 Å². The van der Waals surface area contributed by atoms with Crippen molar-refractivity contribution < 1.29 is 14.6 Å². The van der Waals surface area contributed by atoms with Crippen LogP contribution in [0.2, 0.25) is 0 Å². The first-order valence-electron chi connectivity index (χ1n) is 5.17. The van der Waals surface area contributed by atoms with Crippen LogP contribution in [-0.4, -0.2) is 17.0 Å². The van der Waals surface area contributed by atoms with Crippen LogP contribution in [0.25, 0.3) is 6.08 Å². The average Bonchev–Trinajstić information content (AvgIpc) is 2.15. The second kappa shape index (κ2) is 5.35. The Morgan fingerprint density at radius 1 is 1.44 bits per heavy atom. The van der Waals surface area contributed by atoms with Gasteiger partial charge in [0.15, 0.2) is 5.78 Å². The zero-order chi connectivity index (χ0) is 12.1. The number of rotatable bonds is 4. The van der Waals surface area contributed by atoms with Crippen LogP contribution >= 0.6 is 0 Å². The lowest BCUT2D eigenvalue weighted by Crippen LogP contribution is -2.05. The van der Waals surface area contributed by atoms with Crippen LogP contribution in [0, 0.1) is 0 Å². The van der Waals surface area contributed by atoms with Gasteiger partial charge in [0.05, 0.1) is 6.10 Å². The highest BCUT2D eigenvalue weighted by molar-refractivity contribution is 5.91. The highest BCUT2D eigenvalue weighted by Crippen LogP contribution is 2.25. The largest absolute Gasteiger partial charge is 0.507 e. The second-order valence-electron chi connectivity index (χ2n) is 3.83. The number of carbonyl (C=O) groups is 1. The third kappa shape index (κ3) is 3.77. The summed E-state index contributed by atoms with van der Waals surface area (Å²) in [6.45, 7) is 5.30. The summed E-state index contributed by atoms with van der Waals surface area (Å²) in [5.74, 6) is 0.671. The van der Waals surface area contributed by atoms with Gasteiger partial charge in [-0.25, -0.2) is 0 Å². The van der Waals surface area contributed by atoms with E-state index in [2.05, 4.69) is 0 Å². The summed E-state index contributed by atoms with van der Waals surface area (Å²) >= 11 is 0. The van der Waals surface area contributed by atoms with E-state index in [4.69, 9.17) is 4.74 Å². The summed E-state index contributed by atoms with van der Waals surface area (Å²) < 4.78 is 5.42. The third-order valence-corrected chi connectivity index (χ3v) is 1.87. The summed E-state index contributed by atoms with van der Waals surface area (Å²) in [6.07, 6.45) is 3.06. The van der Waals surface area contributed by atoms with Crippen LogP contribution in [0.5, 0.6) is 11.5 Å². The highest BCUT2D eigenvalue weighted by Gasteiger charge is 2.02. The molecule has 0 spiro atoms. The molecule has 3 nitrogen and oxygen atoms in total. The molecular weight excluding hydrogens is 204 g/mol. The van der Waals surface area contributed by atoms with Crippen LogP contribution < -0.4 is 4.74 Å². The summed E-state index contributed by atoms with van der Waals surface area (Å²) in [7, 11) is 0. The van der Waals surface area contributed by atoms with E-state index >= 15 is 0 Å².